The Labute approximate surface area is 165 Å². The molecule has 1 saturated heterocycles. The summed E-state index contributed by atoms with van der Waals surface area (Å²) in [6.45, 7) is 8.69. The Kier molecular flexibility index (Phi) is 7.66. The van der Waals surface area contributed by atoms with E-state index >= 15 is 0 Å². The van der Waals surface area contributed by atoms with E-state index in [0.717, 1.165) is 38.6 Å². The van der Waals surface area contributed by atoms with Crippen LogP contribution in [-0.4, -0.2) is 61.4 Å². The minimum Gasteiger partial charge on any atom is -0.357 e. The van der Waals surface area contributed by atoms with Gasteiger partial charge in [-0.1, -0.05) is 6.92 Å². The number of aliphatic imine (C=N–C) groups is 1. The van der Waals surface area contributed by atoms with E-state index in [1.54, 1.807) is 17.3 Å². The molecule has 2 atom stereocenters. The third-order valence-corrected chi connectivity index (χ3v) is 4.52. The van der Waals surface area contributed by atoms with Crippen LogP contribution in [0.2, 0.25) is 0 Å². The van der Waals surface area contributed by atoms with E-state index in [9.17, 15) is 0 Å². The van der Waals surface area contributed by atoms with Crippen LogP contribution in [-0.2, 0) is 6.54 Å². The number of nitrogens with one attached hydrogen (secondary N) is 1. The molecule has 0 amide bonds. The van der Waals surface area contributed by atoms with E-state index in [2.05, 4.69) is 49.9 Å². The lowest BCUT2D eigenvalue weighted by Crippen LogP contribution is -2.49. The molecule has 1 fully saturated rings. The molecule has 1 aliphatic heterocycles. The number of likely N-dealkylation sites (tertiary alicyclic amines) is 1. The number of imidazole rings is 1. The van der Waals surface area contributed by atoms with Gasteiger partial charge in [0.2, 0.25) is 0 Å². The van der Waals surface area contributed by atoms with Gasteiger partial charge in [-0.15, -0.1) is 24.0 Å². The maximum Gasteiger partial charge on any atom is 0.194 e. The molecule has 0 aliphatic carbocycles. The number of nitrogens with zero attached hydrogens (tertiary/aromatic N) is 7. The van der Waals surface area contributed by atoms with E-state index in [4.69, 9.17) is 4.99 Å². The van der Waals surface area contributed by atoms with Crippen LogP contribution >= 0.6 is 24.0 Å². The Morgan fingerprint density at radius 1 is 1.32 bits per heavy atom. The number of aromatic nitrogens is 5. The quantitative estimate of drug-likeness (QED) is 0.419. The van der Waals surface area contributed by atoms with Gasteiger partial charge in [-0.3, -0.25) is 9.67 Å². The summed E-state index contributed by atoms with van der Waals surface area (Å²) in [7, 11) is 0. The second-order valence-electron chi connectivity index (χ2n) is 6.18. The lowest BCUT2D eigenvalue weighted by Gasteiger charge is -2.39. The maximum atomic E-state index is 4.77. The standard InChI is InChI=1S/C16H26N8.HI/c1-3-19-16(20-6-9-24-13-18-11-21-24)22-7-4-14(2)15(10-22)23-8-5-17-12-23;/h5,8,11-15H,3-4,6-7,9-10H2,1-2H3,(H,19,20);1H. The second-order valence-corrected chi connectivity index (χ2v) is 6.18. The summed E-state index contributed by atoms with van der Waals surface area (Å²) in [4.78, 5) is 15.3. The third kappa shape index (κ3) is 5.16. The van der Waals surface area contributed by atoms with Crippen molar-refractivity contribution in [1.82, 2.24) is 34.5 Å². The van der Waals surface area contributed by atoms with Gasteiger partial charge in [-0.2, -0.15) is 5.10 Å². The monoisotopic (exact) mass is 458 g/mol. The molecule has 0 radical (unpaired) electrons. The number of guanidine groups is 1. The number of rotatable bonds is 5. The predicted molar refractivity (Wildman–Crippen MR) is 108 cm³/mol. The van der Waals surface area contributed by atoms with Crippen molar-refractivity contribution in [1.29, 1.82) is 0 Å². The van der Waals surface area contributed by atoms with Gasteiger partial charge in [0.1, 0.15) is 12.7 Å². The largest absolute Gasteiger partial charge is 0.357 e. The summed E-state index contributed by atoms with van der Waals surface area (Å²) in [5.74, 6) is 1.61. The van der Waals surface area contributed by atoms with Crippen molar-refractivity contribution >= 4 is 29.9 Å². The average molecular weight is 458 g/mol. The van der Waals surface area contributed by atoms with E-state index < -0.39 is 0 Å². The van der Waals surface area contributed by atoms with Crippen LogP contribution in [0, 0.1) is 5.92 Å². The van der Waals surface area contributed by atoms with Gasteiger partial charge in [0.25, 0.3) is 0 Å². The Morgan fingerprint density at radius 3 is 2.88 bits per heavy atom. The molecule has 9 heteroatoms. The molecular formula is C16H27IN8. The van der Waals surface area contributed by atoms with Crippen molar-refractivity contribution < 1.29 is 0 Å². The lowest BCUT2D eigenvalue weighted by atomic mass is 9.93. The first kappa shape index (κ1) is 19.7. The van der Waals surface area contributed by atoms with Crippen molar-refractivity contribution in [2.24, 2.45) is 10.9 Å². The average Bonchev–Trinajstić information content (AvgIpc) is 3.28. The van der Waals surface area contributed by atoms with Crippen LogP contribution < -0.4 is 5.32 Å². The minimum absolute atomic E-state index is 0. The van der Waals surface area contributed by atoms with Crippen LogP contribution in [0.4, 0.5) is 0 Å². The van der Waals surface area contributed by atoms with Crippen molar-refractivity contribution in [2.75, 3.05) is 26.2 Å². The lowest BCUT2D eigenvalue weighted by molar-refractivity contribution is 0.189. The summed E-state index contributed by atoms with van der Waals surface area (Å²) in [5.41, 5.74) is 0. The van der Waals surface area contributed by atoms with E-state index in [-0.39, 0.29) is 24.0 Å². The summed E-state index contributed by atoms with van der Waals surface area (Å²) >= 11 is 0. The van der Waals surface area contributed by atoms with Crippen molar-refractivity contribution in [2.45, 2.75) is 32.9 Å². The van der Waals surface area contributed by atoms with Gasteiger partial charge < -0.3 is 14.8 Å². The first-order valence-corrected chi connectivity index (χ1v) is 8.61. The minimum atomic E-state index is 0. The Balaban J connectivity index is 0.00000225. The maximum absolute atomic E-state index is 4.77. The van der Waals surface area contributed by atoms with Gasteiger partial charge in [-0.25, -0.2) is 9.97 Å². The summed E-state index contributed by atoms with van der Waals surface area (Å²) in [6, 6.07) is 0.431. The molecule has 3 heterocycles. The van der Waals surface area contributed by atoms with Crippen LogP contribution in [0.3, 0.4) is 0 Å². The molecule has 0 aromatic carbocycles. The van der Waals surface area contributed by atoms with Gasteiger partial charge in [-0.05, 0) is 19.3 Å². The molecular weight excluding hydrogens is 431 g/mol. The van der Waals surface area contributed by atoms with Crippen molar-refractivity contribution in [3.8, 4) is 0 Å². The molecule has 2 aromatic rings. The first-order valence-electron chi connectivity index (χ1n) is 8.61. The molecule has 2 unspecified atom stereocenters. The predicted octanol–water partition coefficient (Wildman–Crippen LogP) is 1.64. The van der Waals surface area contributed by atoms with Crippen LogP contribution in [0.15, 0.2) is 36.4 Å². The van der Waals surface area contributed by atoms with Crippen LogP contribution in [0.25, 0.3) is 0 Å². The molecule has 0 saturated carbocycles. The fourth-order valence-corrected chi connectivity index (χ4v) is 3.13. The zero-order valence-corrected chi connectivity index (χ0v) is 17.2. The molecule has 0 bridgehead atoms. The second kappa shape index (κ2) is 9.73. The molecule has 25 heavy (non-hydrogen) atoms. The summed E-state index contributed by atoms with van der Waals surface area (Å²) in [5, 5.41) is 7.54. The smallest absolute Gasteiger partial charge is 0.194 e. The first-order chi connectivity index (χ1) is 11.8. The normalized spacial score (nSPS) is 21.0. The number of hydrogen-bond donors (Lipinski definition) is 1. The Bertz CT molecular complexity index is 625. The van der Waals surface area contributed by atoms with Gasteiger partial charge in [0.15, 0.2) is 5.96 Å². The Morgan fingerprint density at radius 2 is 2.20 bits per heavy atom. The molecule has 2 aromatic heterocycles. The topological polar surface area (TPSA) is 76.2 Å². The van der Waals surface area contributed by atoms with Gasteiger partial charge in [0, 0.05) is 32.0 Å². The molecule has 1 N–H and O–H groups in total. The van der Waals surface area contributed by atoms with E-state index in [0.29, 0.717) is 18.5 Å². The highest BCUT2D eigenvalue weighted by Gasteiger charge is 2.28. The van der Waals surface area contributed by atoms with Crippen molar-refractivity contribution in [3.05, 3.63) is 31.4 Å². The third-order valence-electron chi connectivity index (χ3n) is 4.52. The molecule has 1 aliphatic rings. The van der Waals surface area contributed by atoms with Crippen LogP contribution in [0.5, 0.6) is 0 Å². The zero-order valence-electron chi connectivity index (χ0n) is 14.8. The van der Waals surface area contributed by atoms with Crippen molar-refractivity contribution in [3.63, 3.8) is 0 Å². The number of piperidine rings is 1. The molecule has 8 nitrogen and oxygen atoms in total. The zero-order chi connectivity index (χ0) is 16.8. The molecule has 0 spiro atoms. The fourth-order valence-electron chi connectivity index (χ4n) is 3.13. The SMILES string of the molecule is CCNC(=NCCn1cncn1)N1CCC(C)C(n2ccnc2)C1.I. The van der Waals surface area contributed by atoms with E-state index in [1.165, 1.54) is 0 Å². The highest BCUT2D eigenvalue weighted by atomic mass is 127. The van der Waals surface area contributed by atoms with Gasteiger partial charge in [0.05, 0.1) is 25.5 Å². The highest BCUT2D eigenvalue weighted by molar-refractivity contribution is 14.0. The summed E-state index contributed by atoms with van der Waals surface area (Å²) in [6.07, 6.45) is 10.2. The number of hydrogen-bond acceptors (Lipinski definition) is 4. The van der Waals surface area contributed by atoms with Crippen LogP contribution in [0.1, 0.15) is 26.3 Å². The Hall–Kier alpha value is -1.65. The fraction of sp³-hybridized carbons (Fsp3) is 0.625. The number of halogens is 1. The van der Waals surface area contributed by atoms with Gasteiger partial charge >= 0.3 is 0 Å². The van der Waals surface area contributed by atoms with E-state index in [1.807, 2.05) is 12.5 Å². The summed E-state index contributed by atoms with van der Waals surface area (Å²) < 4.78 is 4.02. The highest BCUT2D eigenvalue weighted by Crippen LogP contribution is 2.27. The molecule has 3 rings (SSSR count). The molecule has 138 valence electrons.